The Labute approximate surface area is 150 Å². The van der Waals surface area contributed by atoms with E-state index in [1.165, 1.54) is 6.07 Å². The minimum Gasteiger partial charge on any atom is -0.454 e. The molecule has 1 saturated carbocycles. The summed E-state index contributed by atoms with van der Waals surface area (Å²) in [6.07, 6.45) is 2.29. The average Bonchev–Trinajstić information content (AvgIpc) is 3.33. The number of aromatic nitrogens is 1. The molecular formula is C18H17Cl2NO3. The zero-order valence-corrected chi connectivity index (χ0v) is 14.9. The van der Waals surface area contributed by atoms with E-state index < -0.39 is 5.97 Å². The van der Waals surface area contributed by atoms with E-state index in [9.17, 15) is 9.59 Å². The largest absolute Gasteiger partial charge is 0.454 e. The van der Waals surface area contributed by atoms with Crippen LogP contribution in [0.25, 0.3) is 0 Å². The zero-order valence-electron chi connectivity index (χ0n) is 13.4. The Morgan fingerprint density at radius 3 is 2.58 bits per heavy atom. The number of hydrogen-bond acceptors (Lipinski definition) is 3. The standard InChI is InChI=1S/C18H17Cl2NO3/c1-10-8-14(11(2)21(10)12-6-7-12)16(22)9-24-18(23)13-4-3-5-15(19)17(13)20/h3-5,8,12H,6-7,9H2,1-2H3. The van der Waals surface area contributed by atoms with Crippen molar-refractivity contribution in [1.29, 1.82) is 0 Å². The van der Waals surface area contributed by atoms with E-state index in [-0.39, 0.29) is 28.0 Å². The van der Waals surface area contributed by atoms with Gasteiger partial charge in [0, 0.05) is 23.0 Å². The van der Waals surface area contributed by atoms with Crippen molar-refractivity contribution in [1.82, 2.24) is 4.57 Å². The van der Waals surface area contributed by atoms with Crippen molar-refractivity contribution in [3.63, 3.8) is 0 Å². The Morgan fingerprint density at radius 1 is 1.21 bits per heavy atom. The first kappa shape index (κ1) is 17.1. The fourth-order valence-corrected chi connectivity index (χ4v) is 3.28. The van der Waals surface area contributed by atoms with Gasteiger partial charge in [-0.15, -0.1) is 0 Å². The number of esters is 1. The smallest absolute Gasteiger partial charge is 0.340 e. The molecule has 0 N–H and O–H groups in total. The highest BCUT2D eigenvalue weighted by Gasteiger charge is 2.28. The summed E-state index contributed by atoms with van der Waals surface area (Å²) in [6, 6.07) is 7.06. The highest BCUT2D eigenvalue weighted by atomic mass is 35.5. The van der Waals surface area contributed by atoms with Gasteiger partial charge in [-0.25, -0.2) is 4.79 Å². The van der Waals surface area contributed by atoms with E-state index in [0.29, 0.717) is 11.6 Å². The monoisotopic (exact) mass is 365 g/mol. The third-order valence-corrected chi connectivity index (χ3v) is 5.02. The van der Waals surface area contributed by atoms with E-state index in [4.69, 9.17) is 27.9 Å². The zero-order chi connectivity index (χ0) is 17.4. The van der Waals surface area contributed by atoms with Crippen LogP contribution >= 0.6 is 23.2 Å². The van der Waals surface area contributed by atoms with Gasteiger partial charge < -0.3 is 9.30 Å². The number of Topliss-reactive ketones (excluding diaryl/α,β-unsaturated/α-hetero) is 1. The van der Waals surface area contributed by atoms with Crippen molar-refractivity contribution < 1.29 is 14.3 Å². The van der Waals surface area contributed by atoms with Gasteiger partial charge in [0.25, 0.3) is 0 Å². The molecule has 1 aromatic carbocycles. The summed E-state index contributed by atoms with van der Waals surface area (Å²) in [5, 5.41) is 0.397. The minimum absolute atomic E-state index is 0.128. The summed E-state index contributed by atoms with van der Waals surface area (Å²) >= 11 is 11.9. The topological polar surface area (TPSA) is 48.3 Å². The third-order valence-electron chi connectivity index (χ3n) is 4.20. The molecular weight excluding hydrogens is 349 g/mol. The van der Waals surface area contributed by atoms with Gasteiger partial charge in [-0.3, -0.25) is 4.79 Å². The number of ether oxygens (including phenoxy) is 1. The summed E-state index contributed by atoms with van der Waals surface area (Å²) in [5.41, 5.74) is 2.74. The van der Waals surface area contributed by atoms with Gasteiger partial charge in [-0.05, 0) is 44.9 Å². The molecule has 0 amide bonds. The number of nitrogens with zero attached hydrogens (tertiary/aromatic N) is 1. The first-order valence-corrected chi connectivity index (χ1v) is 8.48. The van der Waals surface area contributed by atoms with E-state index >= 15 is 0 Å². The van der Waals surface area contributed by atoms with Crippen LogP contribution in [-0.4, -0.2) is 22.9 Å². The molecule has 6 heteroatoms. The van der Waals surface area contributed by atoms with Gasteiger partial charge in [0.1, 0.15) is 0 Å². The van der Waals surface area contributed by atoms with Crippen LogP contribution in [0.3, 0.4) is 0 Å². The SMILES string of the molecule is Cc1cc(C(=O)COC(=O)c2cccc(Cl)c2Cl)c(C)n1C1CC1. The highest BCUT2D eigenvalue weighted by molar-refractivity contribution is 6.43. The normalized spacial score (nSPS) is 13.8. The Kier molecular flexibility index (Phi) is 4.70. The van der Waals surface area contributed by atoms with Crippen LogP contribution < -0.4 is 0 Å². The van der Waals surface area contributed by atoms with E-state index in [0.717, 1.165) is 24.2 Å². The second-order valence-electron chi connectivity index (χ2n) is 5.99. The van der Waals surface area contributed by atoms with Gasteiger partial charge in [0.2, 0.25) is 5.78 Å². The second-order valence-corrected chi connectivity index (χ2v) is 6.77. The van der Waals surface area contributed by atoms with Crippen molar-refractivity contribution in [2.24, 2.45) is 0 Å². The molecule has 0 atom stereocenters. The number of carbonyl (C=O) groups is 2. The summed E-state index contributed by atoms with van der Waals surface area (Å²) in [6.45, 7) is 3.59. The van der Waals surface area contributed by atoms with Crippen molar-refractivity contribution in [3.05, 3.63) is 56.8 Å². The fraction of sp³-hybridized carbons (Fsp3) is 0.333. The summed E-state index contributed by atoms with van der Waals surface area (Å²) in [7, 11) is 0. The lowest BCUT2D eigenvalue weighted by Gasteiger charge is -2.08. The second kappa shape index (κ2) is 6.61. The average molecular weight is 366 g/mol. The maximum absolute atomic E-state index is 12.4. The van der Waals surface area contributed by atoms with Gasteiger partial charge in [0.15, 0.2) is 6.61 Å². The predicted octanol–water partition coefficient (Wildman–Crippen LogP) is 4.79. The van der Waals surface area contributed by atoms with Gasteiger partial charge >= 0.3 is 5.97 Å². The van der Waals surface area contributed by atoms with Crippen LogP contribution in [0.2, 0.25) is 10.0 Å². The number of benzene rings is 1. The minimum atomic E-state index is -0.660. The summed E-state index contributed by atoms with van der Waals surface area (Å²) in [4.78, 5) is 24.5. The lowest BCUT2D eigenvalue weighted by molar-refractivity contribution is 0.0474. The molecule has 1 aromatic heterocycles. The summed E-state index contributed by atoms with van der Waals surface area (Å²) < 4.78 is 7.30. The number of rotatable bonds is 5. The number of carbonyl (C=O) groups excluding carboxylic acids is 2. The molecule has 4 nitrogen and oxygen atoms in total. The number of ketones is 1. The molecule has 24 heavy (non-hydrogen) atoms. The molecule has 3 rings (SSSR count). The fourth-order valence-electron chi connectivity index (χ4n) is 2.90. The lowest BCUT2D eigenvalue weighted by Crippen LogP contribution is -2.15. The molecule has 1 aliphatic rings. The quantitative estimate of drug-likeness (QED) is 0.565. The van der Waals surface area contributed by atoms with E-state index in [1.807, 2.05) is 19.9 Å². The van der Waals surface area contributed by atoms with E-state index in [1.54, 1.807) is 12.1 Å². The van der Waals surface area contributed by atoms with Crippen LogP contribution in [0.5, 0.6) is 0 Å². The maximum atomic E-state index is 12.4. The molecule has 0 bridgehead atoms. The van der Waals surface area contributed by atoms with Crippen LogP contribution in [-0.2, 0) is 4.74 Å². The molecule has 126 valence electrons. The van der Waals surface area contributed by atoms with E-state index in [2.05, 4.69) is 4.57 Å². The number of hydrogen-bond donors (Lipinski definition) is 0. The van der Waals surface area contributed by atoms with Crippen LogP contribution in [0, 0.1) is 13.8 Å². The Morgan fingerprint density at radius 2 is 1.92 bits per heavy atom. The molecule has 1 aliphatic carbocycles. The van der Waals surface area contributed by atoms with Gasteiger partial charge in [-0.2, -0.15) is 0 Å². The predicted molar refractivity (Wildman–Crippen MR) is 93.3 cm³/mol. The molecule has 0 saturated heterocycles. The van der Waals surface area contributed by atoms with Crippen molar-refractivity contribution in [2.75, 3.05) is 6.61 Å². The number of aryl methyl sites for hydroxylation is 1. The van der Waals surface area contributed by atoms with Gasteiger partial charge in [0.05, 0.1) is 15.6 Å². The Bertz CT molecular complexity index is 822. The van der Waals surface area contributed by atoms with Crippen molar-refractivity contribution in [2.45, 2.75) is 32.7 Å². The Balaban J connectivity index is 1.71. The molecule has 1 fully saturated rings. The molecule has 0 unspecified atom stereocenters. The Hall–Kier alpha value is -1.78. The van der Waals surface area contributed by atoms with Crippen LogP contribution in [0.15, 0.2) is 24.3 Å². The number of halogens is 2. The van der Waals surface area contributed by atoms with Crippen molar-refractivity contribution in [3.8, 4) is 0 Å². The molecule has 0 radical (unpaired) electrons. The molecule has 1 heterocycles. The third kappa shape index (κ3) is 3.21. The maximum Gasteiger partial charge on any atom is 0.340 e. The molecule has 2 aromatic rings. The van der Waals surface area contributed by atoms with Crippen molar-refractivity contribution >= 4 is 35.0 Å². The highest BCUT2D eigenvalue weighted by Crippen LogP contribution is 2.38. The molecule has 0 spiro atoms. The first-order valence-electron chi connectivity index (χ1n) is 7.73. The molecule has 0 aliphatic heterocycles. The van der Waals surface area contributed by atoms with Crippen LogP contribution in [0.1, 0.15) is 51.0 Å². The lowest BCUT2D eigenvalue weighted by atomic mass is 10.1. The summed E-state index contributed by atoms with van der Waals surface area (Å²) in [5.74, 6) is -0.881. The van der Waals surface area contributed by atoms with Gasteiger partial charge in [-0.1, -0.05) is 29.3 Å². The first-order chi connectivity index (χ1) is 11.4. The van der Waals surface area contributed by atoms with Crippen LogP contribution in [0.4, 0.5) is 0 Å².